The molecule has 0 radical (unpaired) electrons. The minimum atomic E-state index is -0.0568. The number of aryl methyl sites for hydroxylation is 4. The normalized spacial score (nSPS) is 11.2. The molecule has 0 atom stereocenters. The lowest BCUT2D eigenvalue weighted by atomic mass is 10.0. The molecule has 2 aromatic heterocycles. The fraction of sp³-hybridized carbons (Fsp3) is 0.368. The molecule has 0 fully saturated rings. The quantitative estimate of drug-likeness (QED) is 0.766. The highest BCUT2D eigenvalue weighted by Gasteiger charge is 2.15. The third-order valence-electron chi connectivity index (χ3n) is 4.16. The second-order valence-corrected chi connectivity index (χ2v) is 6.34. The first-order valence-electron chi connectivity index (χ1n) is 8.29. The molecular formula is C19H23N3O2. The van der Waals surface area contributed by atoms with Crippen LogP contribution < -0.4 is 5.32 Å². The van der Waals surface area contributed by atoms with Gasteiger partial charge < -0.3 is 9.73 Å². The minimum Gasteiger partial charge on any atom is -0.464 e. The van der Waals surface area contributed by atoms with E-state index in [1.54, 1.807) is 12.5 Å². The maximum Gasteiger partial charge on any atom is 0.230 e. The summed E-state index contributed by atoms with van der Waals surface area (Å²) in [5.41, 5.74) is 5.01. The summed E-state index contributed by atoms with van der Waals surface area (Å²) >= 11 is 0. The molecule has 0 aliphatic carbocycles. The van der Waals surface area contributed by atoms with E-state index in [4.69, 9.17) is 4.42 Å². The van der Waals surface area contributed by atoms with Gasteiger partial charge in [0.15, 0.2) is 0 Å². The third-order valence-corrected chi connectivity index (χ3v) is 4.16. The topological polar surface area (TPSA) is 60.1 Å². The van der Waals surface area contributed by atoms with Crippen LogP contribution in [-0.2, 0) is 17.8 Å². The predicted molar refractivity (Wildman–Crippen MR) is 95.3 cm³/mol. The zero-order valence-electron chi connectivity index (χ0n) is 14.6. The maximum absolute atomic E-state index is 12.5. The van der Waals surface area contributed by atoms with Crippen LogP contribution >= 0.6 is 0 Å². The number of benzene rings is 1. The molecular weight excluding hydrogens is 302 g/mol. The van der Waals surface area contributed by atoms with E-state index in [1.165, 1.54) is 0 Å². The van der Waals surface area contributed by atoms with E-state index in [-0.39, 0.29) is 12.3 Å². The molecule has 126 valence electrons. The highest BCUT2D eigenvalue weighted by Crippen LogP contribution is 2.27. The van der Waals surface area contributed by atoms with E-state index in [2.05, 4.69) is 23.4 Å². The van der Waals surface area contributed by atoms with Crippen LogP contribution in [0.25, 0.3) is 11.0 Å². The van der Waals surface area contributed by atoms with Crippen molar-refractivity contribution in [2.45, 2.75) is 47.1 Å². The highest BCUT2D eigenvalue weighted by molar-refractivity contribution is 5.96. The van der Waals surface area contributed by atoms with Gasteiger partial charge in [-0.25, -0.2) is 4.68 Å². The molecule has 0 saturated carbocycles. The first-order valence-corrected chi connectivity index (χ1v) is 8.29. The fourth-order valence-corrected chi connectivity index (χ4v) is 3.13. The number of rotatable bonds is 5. The van der Waals surface area contributed by atoms with Crippen LogP contribution in [0.15, 0.2) is 29.0 Å². The van der Waals surface area contributed by atoms with Gasteiger partial charge in [0.05, 0.1) is 18.9 Å². The van der Waals surface area contributed by atoms with Gasteiger partial charge in [-0.3, -0.25) is 4.79 Å². The predicted octanol–water partition coefficient (Wildman–Crippen LogP) is 4.15. The van der Waals surface area contributed by atoms with Crippen LogP contribution in [0.3, 0.4) is 0 Å². The van der Waals surface area contributed by atoms with E-state index in [1.807, 2.05) is 31.5 Å². The van der Waals surface area contributed by atoms with Gasteiger partial charge in [0, 0.05) is 23.1 Å². The third kappa shape index (κ3) is 3.07. The monoisotopic (exact) mass is 325 g/mol. The number of carbonyl (C=O) groups excluding carboxylic acids is 1. The summed E-state index contributed by atoms with van der Waals surface area (Å²) in [7, 11) is 0. The van der Waals surface area contributed by atoms with Crippen molar-refractivity contribution < 1.29 is 9.21 Å². The summed E-state index contributed by atoms with van der Waals surface area (Å²) in [6.07, 6.45) is 4.72. The number of nitrogens with one attached hydrogen (secondary N) is 1. The molecule has 2 heterocycles. The maximum atomic E-state index is 12.5. The number of hydrogen-bond donors (Lipinski definition) is 1. The van der Waals surface area contributed by atoms with E-state index in [9.17, 15) is 4.79 Å². The van der Waals surface area contributed by atoms with Crippen molar-refractivity contribution in [3.63, 3.8) is 0 Å². The molecule has 3 aromatic rings. The number of nitrogens with zero attached hydrogens (tertiary/aromatic N) is 2. The summed E-state index contributed by atoms with van der Waals surface area (Å²) < 4.78 is 7.48. The van der Waals surface area contributed by atoms with Crippen molar-refractivity contribution in [1.82, 2.24) is 9.78 Å². The molecule has 3 rings (SSSR count). The Bertz CT molecular complexity index is 890. The van der Waals surface area contributed by atoms with E-state index in [0.29, 0.717) is 0 Å². The van der Waals surface area contributed by atoms with Gasteiger partial charge in [0.1, 0.15) is 11.4 Å². The summed E-state index contributed by atoms with van der Waals surface area (Å²) in [6, 6.07) is 4.12. The average Bonchev–Trinajstić information content (AvgIpc) is 3.06. The number of hydrogen-bond acceptors (Lipinski definition) is 3. The zero-order chi connectivity index (χ0) is 17.3. The van der Waals surface area contributed by atoms with Crippen LogP contribution in [0.4, 0.5) is 5.82 Å². The van der Waals surface area contributed by atoms with Gasteiger partial charge in [-0.1, -0.05) is 13.0 Å². The first-order chi connectivity index (χ1) is 11.5. The molecule has 0 unspecified atom stereocenters. The Morgan fingerprint density at radius 3 is 2.79 bits per heavy atom. The van der Waals surface area contributed by atoms with E-state index < -0.39 is 0 Å². The average molecular weight is 325 g/mol. The standard InChI is InChI=1S/C19H23N3O2/c1-5-6-22-19(14(4)10-20-22)21-17(23)9-15-11-24-16-8-12(2)7-13(3)18(15)16/h7-8,10-11H,5-6,9H2,1-4H3,(H,21,23). The van der Waals surface area contributed by atoms with Crippen molar-refractivity contribution in [3.8, 4) is 0 Å². The molecule has 1 aromatic carbocycles. The summed E-state index contributed by atoms with van der Waals surface area (Å²) in [5, 5.41) is 8.35. The summed E-state index contributed by atoms with van der Waals surface area (Å²) in [5.74, 6) is 0.723. The molecule has 0 bridgehead atoms. The molecule has 0 spiro atoms. The van der Waals surface area contributed by atoms with Crippen molar-refractivity contribution in [2.75, 3.05) is 5.32 Å². The molecule has 0 saturated heterocycles. The lowest BCUT2D eigenvalue weighted by Crippen LogP contribution is -2.18. The molecule has 1 N–H and O–H groups in total. The highest BCUT2D eigenvalue weighted by atomic mass is 16.3. The van der Waals surface area contributed by atoms with Crippen LogP contribution in [0.5, 0.6) is 0 Å². The Labute approximate surface area is 141 Å². The Morgan fingerprint density at radius 1 is 1.25 bits per heavy atom. The second-order valence-electron chi connectivity index (χ2n) is 6.34. The van der Waals surface area contributed by atoms with Gasteiger partial charge >= 0.3 is 0 Å². The number of anilines is 1. The Morgan fingerprint density at radius 2 is 2.04 bits per heavy atom. The molecule has 5 nitrogen and oxygen atoms in total. The van der Waals surface area contributed by atoms with E-state index in [0.717, 1.165) is 52.0 Å². The molecule has 0 aliphatic heterocycles. The Kier molecular flexibility index (Phi) is 4.42. The smallest absolute Gasteiger partial charge is 0.230 e. The Balaban J connectivity index is 1.82. The van der Waals surface area contributed by atoms with Crippen LogP contribution in [-0.4, -0.2) is 15.7 Å². The van der Waals surface area contributed by atoms with Crippen molar-refractivity contribution >= 4 is 22.7 Å². The Hall–Kier alpha value is -2.56. The second kappa shape index (κ2) is 6.51. The van der Waals surface area contributed by atoms with Gasteiger partial charge in [0.2, 0.25) is 5.91 Å². The molecule has 0 aliphatic rings. The van der Waals surface area contributed by atoms with Gasteiger partial charge in [-0.2, -0.15) is 5.10 Å². The summed E-state index contributed by atoms with van der Waals surface area (Å²) in [6.45, 7) is 8.92. The lowest BCUT2D eigenvalue weighted by molar-refractivity contribution is -0.115. The molecule has 24 heavy (non-hydrogen) atoms. The largest absolute Gasteiger partial charge is 0.464 e. The van der Waals surface area contributed by atoms with Crippen molar-refractivity contribution in [2.24, 2.45) is 0 Å². The number of carbonyl (C=O) groups is 1. The SMILES string of the molecule is CCCn1ncc(C)c1NC(=O)Cc1coc2cc(C)cc(C)c12. The van der Waals surface area contributed by atoms with Crippen LogP contribution in [0, 0.1) is 20.8 Å². The van der Waals surface area contributed by atoms with Gasteiger partial charge in [-0.15, -0.1) is 0 Å². The van der Waals surface area contributed by atoms with Crippen LogP contribution in [0.2, 0.25) is 0 Å². The van der Waals surface area contributed by atoms with Crippen LogP contribution in [0.1, 0.15) is 35.6 Å². The minimum absolute atomic E-state index is 0.0568. The van der Waals surface area contributed by atoms with E-state index >= 15 is 0 Å². The van der Waals surface area contributed by atoms with Crippen molar-refractivity contribution in [1.29, 1.82) is 0 Å². The number of aromatic nitrogens is 2. The first kappa shape index (κ1) is 16.3. The van der Waals surface area contributed by atoms with Crippen molar-refractivity contribution in [3.05, 3.63) is 46.8 Å². The summed E-state index contributed by atoms with van der Waals surface area (Å²) in [4.78, 5) is 12.5. The van der Waals surface area contributed by atoms with Gasteiger partial charge in [-0.05, 0) is 44.4 Å². The number of amides is 1. The fourth-order valence-electron chi connectivity index (χ4n) is 3.13. The molecule has 1 amide bonds. The molecule has 5 heteroatoms. The zero-order valence-corrected chi connectivity index (χ0v) is 14.6. The lowest BCUT2D eigenvalue weighted by Gasteiger charge is -2.09. The van der Waals surface area contributed by atoms with Gasteiger partial charge in [0.25, 0.3) is 0 Å². The number of fused-ring (bicyclic) bond motifs is 1. The number of furan rings is 1.